The molecule has 0 saturated carbocycles. The van der Waals surface area contributed by atoms with Crippen molar-refractivity contribution in [3.63, 3.8) is 0 Å². The fourth-order valence-electron chi connectivity index (χ4n) is 3.91. The third kappa shape index (κ3) is 3.35. The average molecular weight is 335 g/mol. The highest BCUT2D eigenvalue weighted by atomic mass is 16.5. The molecule has 0 aromatic carbocycles. The fourth-order valence-corrected chi connectivity index (χ4v) is 3.91. The number of hydrogen-bond donors (Lipinski definition) is 0. The molecular formula is C18H29N3O3. The minimum Gasteiger partial charge on any atom is -0.379 e. The smallest absolute Gasteiger partial charge is 0.223 e. The molecule has 134 valence electrons. The van der Waals surface area contributed by atoms with Gasteiger partial charge in [0, 0.05) is 43.1 Å². The van der Waals surface area contributed by atoms with Gasteiger partial charge in [-0.2, -0.15) is 0 Å². The van der Waals surface area contributed by atoms with Crippen LogP contribution in [0.5, 0.6) is 0 Å². The summed E-state index contributed by atoms with van der Waals surface area (Å²) in [6.45, 7) is 13.0. The average Bonchev–Trinajstić information content (AvgIpc) is 2.93. The van der Waals surface area contributed by atoms with Gasteiger partial charge in [0.15, 0.2) is 0 Å². The van der Waals surface area contributed by atoms with Crippen molar-refractivity contribution in [3.8, 4) is 0 Å². The molecule has 24 heavy (non-hydrogen) atoms. The third-order valence-electron chi connectivity index (χ3n) is 5.62. The Morgan fingerprint density at radius 2 is 2.12 bits per heavy atom. The van der Waals surface area contributed by atoms with Crippen LogP contribution in [0.1, 0.15) is 43.7 Å². The number of likely N-dealkylation sites (tertiary alicyclic amines) is 1. The second-order valence-electron chi connectivity index (χ2n) is 7.51. The van der Waals surface area contributed by atoms with Gasteiger partial charge in [-0.15, -0.1) is 0 Å². The first-order valence-electron chi connectivity index (χ1n) is 8.95. The van der Waals surface area contributed by atoms with E-state index >= 15 is 0 Å². The highest BCUT2D eigenvalue weighted by Gasteiger charge is 2.46. The Morgan fingerprint density at radius 3 is 2.79 bits per heavy atom. The first-order chi connectivity index (χ1) is 11.4. The van der Waals surface area contributed by atoms with Crippen molar-refractivity contribution in [2.24, 2.45) is 5.41 Å². The number of rotatable bonds is 4. The Balaban J connectivity index is 1.74. The van der Waals surface area contributed by atoms with E-state index in [1.165, 1.54) is 0 Å². The van der Waals surface area contributed by atoms with Crippen LogP contribution >= 0.6 is 0 Å². The van der Waals surface area contributed by atoms with Crippen molar-refractivity contribution in [3.05, 3.63) is 17.0 Å². The van der Waals surface area contributed by atoms with Crippen LogP contribution < -0.4 is 0 Å². The van der Waals surface area contributed by atoms with E-state index in [0.717, 1.165) is 49.7 Å². The predicted molar refractivity (Wildman–Crippen MR) is 90.6 cm³/mol. The Kier molecular flexibility index (Phi) is 4.97. The molecule has 0 N–H and O–H groups in total. The maximum absolute atomic E-state index is 12.7. The van der Waals surface area contributed by atoms with Crippen molar-refractivity contribution in [2.75, 3.05) is 32.8 Å². The van der Waals surface area contributed by atoms with Gasteiger partial charge in [0.05, 0.1) is 25.5 Å². The van der Waals surface area contributed by atoms with Crippen molar-refractivity contribution in [1.82, 2.24) is 15.0 Å². The molecule has 2 aliphatic rings. The molecule has 2 saturated heterocycles. The molecule has 1 spiro atoms. The molecule has 0 unspecified atom stereocenters. The Labute approximate surface area is 144 Å². The van der Waals surface area contributed by atoms with Gasteiger partial charge in [0.2, 0.25) is 5.91 Å². The monoisotopic (exact) mass is 335 g/mol. The number of aryl methyl sites for hydroxylation is 2. The first kappa shape index (κ1) is 17.4. The largest absolute Gasteiger partial charge is 0.379 e. The first-order valence-corrected chi connectivity index (χ1v) is 8.95. The summed E-state index contributed by atoms with van der Waals surface area (Å²) >= 11 is 0. The van der Waals surface area contributed by atoms with E-state index in [2.05, 4.69) is 23.9 Å². The van der Waals surface area contributed by atoms with Crippen molar-refractivity contribution in [2.45, 2.75) is 53.1 Å². The van der Waals surface area contributed by atoms with E-state index in [0.29, 0.717) is 25.6 Å². The molecule has 1 amide bonds. The van der Waals surface area contributed by atoms with Gasteiger partial charge in [-0.25, -0.2) is 0 Å². The lowest BCUT2D eigenvalue weighted by atomic mass is 9.87. The van der Waals surface area contributed by atoms with Crippen LogP contribution in [0.4, 0.5) is 0 Å². The zero-order chi connectivity index (χ0) is 17.3. The van der Waals surface area contributed by atoms with Gasteiger partial charge in [-0.05, 0) is 27.2 Å². The molecule has 3 rings (SSSR count). The van der Waals surface area contributed by atoms with Crippen molar-refractivity contribution in [1.29, 1.82) is 0 Å². The molecule has 0 aliphatic carbocycles. The molecule has 2 aliphatic heterocycles. The number of hydrogen-bond acceptors (Lipinski definition) is 5. The summed E-state index contributed by atoms with van der Waals surface area (Å²) in [6.07, 6.45) is 1.69. The number of carbonyl (C=O) groups excluding carboxylic acids is 1. The minimum absolute atomic E-state index is 0.0873. The second-order valence-corrected chi connectivity index (χ2v) is 7.51. The van der Waals surface area contributed by atoms with Gasteiger partial charge in [0.25, 0.3) is 0 Å². The SMILES string of the molecule is CC[C@@H](C)N1CCOC[C@]2(CC(=O)N(Cc3c(C)noc3C)C2)C1. The summed E-state index contributed by atoms with van der Waals surface area (Å²) in [5, 5.41) is 4.00. The molecule has 2 fully saturated rings. The lowest BCUT2D eigenvalue weighted by molar-refractivity contribution is -0.128. The Hall–Kier alpha value is -1.40. The summed E-state index contributed by atoms with van der Waals surface area (Å²) in [4.78, 5) is 17.1. The maximum atomic E-state index is 12.7. The lowest BCUT2D eigenvalue weighted by Crippen LogP contribution is -2.44. The molecule has 0 radical (unpaired) electrons. The zero-order valence-electron chi connectivity index (χ0n) is 15.3. The second kappa shape index (κ2) is 6.84. The van der Waals surface area contributed by atoms with Crippen LogP contribution in [0.25, 0.3) is 0 Å². The molecule has 1 aromatic heterocycles. The summed E-state index contributed by atoms with van der Waals surface area (Å²) < 4.78 is 11.1. The number of amides is 1. The van der Waals surface area contributed by atoms with E-state index in [1.807, 2.05) is 18.7 Å². The van der Waals surface area contributed by atoms with Gasteiger partial charge < -0.3 is 14.2 Å². The molecule has 0 bridgehead atoms. The number of ether oxygens (including phenoxy) is 1. The number of carbonyl (C=O) groups is 1. The Morgan fingerprint density at radius 1 is 1.33 bits per heavy atom. The van der Waals surface area contributed by atoms with E-state index < -0.39 is 0 Å². The third-order valence-corrected chi connectivity index (χ3v) is 5.62. The van der Waals surface area contributed by atoms with Gasteiger partial charge in [0.1, 0.15) is 5.76 Å². The highest BCUT2D eigenvalue weighted by molar-refractivity contribution is 5.79. The topological polar surface area (TPSA) is 58.8 Å². The molecule has 3 heterocycles. The minimum atomic E-state index is -0.0873. The summed E-state index contributed by atoms with van der Waals surface area (Å²) in [5.74, 6) is 1.02. The highest BCUT2D eigenvalue weighted by Crippen LogP contribution is 2.36. The summed E-state index contributed by atoms with van der Waals surface area (Å²) in [7, 11) is 0. The van der Waals surface area contributed by atoms with E-state index in [1.54, 1.807) is 0 Å². The molecule has 1 aromatic rings. The van der Waals surface area contributed by atoms with Crippen LogP contribution in [-0.2, 0) is 16.1 Å². The Bertz CT molecular complexity index is 581. The van der Waals surface area contributed by atoms with Gasteiger partial charge in [-0.1, -0.05) is 12.1 Å². The zero-order valence-corrected chi connectivity index (χ0v) is 15.3. The van der Waals surface area contributed by atoms with Crippen LogP contribution in [0.15, 0.2) is 4.52 Å². The van der Waals surface area contributed by atoms with Crippen LogP contribution in [0.3, 0.4) is 0 Å². The quantitative estimate of drug-likeness (QED) is 0.844. The molecule has 6 heteroatoms. The van der Waals surface area contributed by atoms with E-state index in [-0.39, 0.29) is 11.3 Å². The maximum Gasteiger partial charge on any atom is 0.223 e. The standard InChI is InChI=1S/C18H29N3O3/c1-5-13(2)20-6-7-23-12-18(10-20)8-17(22)21(11-18)9-16-14(3)19-24-15(16)4/h13H,5-12H2,1-4H3/t13-,18-/m1/s1. The number of nitrogens with zero attached hydrogens (tertiary/aromatic N) is 3. The summed E-state index contributed by atoms with van der Waals surface area (Å²) in [6, 6.07) is 0.523. The van der Waals surface area contributed by atoms with Crippen LogP contribution in [-0.4, -0.2) is 59.8 Å². The van der Waals surface area contributed by atoms with Crippen molar-refractivity contribution < 1.29 is 14.1 Å². The molecule has 6 nitrogen and oxygen atoms in total. The molecular weight excluding hydrogens is 306 g/mol. The molecule has 2 atom stereocenters. The van der Waals surface area contributed by atoms with E-state index in [9.17, 15) is 4.79 Å². The van der Waals surface area contributed by atoms with Crippen molar-refractivity contribution >= 4 is 5.91 Å². The van der Waals surface area contributed by atoms with Gasteiger partial charge >= 0.3 is 0 Å². The lowest BCUT2D eigenvalue weighted by Gasteiger charge is -2.34. The fraction of sp³-hybridized carbons (Fsp3) is 0.778. The van der Waals surface area contributed by atoms with E-state index in [4.69, 9.17) is 9.26 Å². The van der Waals surface area contributed by atoms with Gasteiger partial charge in [-0.3, -0.25) is 9.69 Å². The number of aromatic nitrogens is 1. The normalized spacial score (nSPS) is 27.0. The van der Waals surface area contributed by atoms with Crippen LogP contribution in [0, 0.1) is 19.3 Å². The van der Waals surface area contributed by atoms with Crippen LogP contribution in [0.2, 0.25) is 0 Å². The summed E-state index contributed by atoms with van der Waals surface area (Å²) in [5.41, 5.74) is 1.82. The predicted octanol–water partition coefficient (Wildman–Crippen LogP) is 2.14.